The van der Waals surface area contributed by atoms with Gasteiger partial charge in [0.05, 0.1) is 21.2 Å². The van der Waals surface area contributed by atoms with Crippen LogP contribution in [0.15, 0.2) is 51.8 Å². The molecule has 0 radical (unpaired) electrons. The highest BCUT2D eigenvalue weighted by atomic mass is 79.9. The Morgan fingerprint density at radius 3 is 2.41 bits per heavy atom. The van der Waals surface area contributed by atoms with Crippen LogP contribution in [0.1, 0.15) is 17.3 Å². The van der Waals surface area contributed by atoms with E-state index in [0.29, 0.717) is 16.3 Å². The summed E-state index contributed by atoms with van der Waals surface area (Å²) in [6.45, 7) is 1.58. The maximum atomic E-state index is 12.2. The zero-order chi connectivity index (χ0) is 16.3. The lowest BCUT2D eigenvalue weighted by Crippen LogP contribution is -2.12. The minimum absolute atomic E-state index is 0.0341. The monoisotopic (exact) mass is 401 g/mol. The average molecular weight is 403 g/mol. The van der Waals surface area contributed by atoms with Crippen LogP contribution >= 0.6 is 27.5 Å². The lowest BCUT2D eigenvalue weighted by Gasteiger charge is -2.08. The summed E-state index contributed by atoms with van der Waals surface area (Å²) in [5, 5.41) is 3.02. The zero-order valence-corrected chi connectivity index (χ0v) is 14.8. The third-order valence-electron chi connectivity index (χ3n) is 3.02. The van der Waals surface area contributed by atoms with Gasteiger partial charge in [0.25, 0.3) is 5.91 Å². The summed E-state index contributed by atoms with van der Waals surface area (Å²) in [7, 11) is -3.25. The molecule has 0 saturated carbocycles. The largest absolute Gasteiger partial charge is 0.322 e. The summed E-state index contributed by atoms with van der Waals surface area (Å²) in [5.74, 6) is -0.329. The van der Waals surface area contributed by atoms with Crippen LogP contribution in [-0.4, -0.2) is 20.1 Å². The van der Waals surface area contributed by atoms with Crippen LogP contribution in [0.25, 0.3) is 0 Å². The minimum atomic E-state index is -3.25. The van der Waals surface area contributed by atoms with E-state index >= 15 is 0 Å². The highest BCUT2D eigenvalue weighted by molar-refractivity contribution is 9.10. The van der Waals surface area contributed by atoms with E-state index in [1.165, 1.54) is 12.1 Å². The van der Waals surface area contributed by atoms with E-state index in [9.17, 15) is 13.2 Å². The summed E-state index contributed by atoms with van der Waals surface area (Å²) >= 11 is 9.28. The van der Waals surface area contributed by atoms with E-state index in [2.05, 4.69) is 21.2 Å². The molecule has 0 unspecified atom stereocenters. The average Bonchev–Trinajstić information content (AvgIpc) is 2.50. The lowest BCUT2D eigenvalue weighted by atomic mass is 10.2. The van der Waals surface area contributed by atoms with Crippen molar-refractivity contribution in [3.63, 3.8) is 0 Å². The fraction of sp³-hybridized carbons (Fsp3) is 0.133. The number of amides is 1. The standard InChI is InChI=1S/C15H13BrClNO3S/c1-2-22(20,21)12-6-4-11(5-7-12)18-15(19)13-9-10(16)3-8-14(13)17/h3-9H,2H2,1H3,(H,18,19). The van der Waals surface area contributed by atoms with Crippen molar-refractivity contribution in [2.45, 2.75) is 11.8 Å². The summed E-state index contributed by atoms with van der Waals surface area (Å²) in [6, 6.07) is 11.0. The SMILES string of the molecule is CCS(=O)(=O)c1ccc(NC(=O)c2cc(Br)ccc2Cl)cc1. The van der Waals surface area contributed by atoms with Gasteiger partial charge in [-0.15, -0.1) is 0 Å². The van der Waals surface area contributed by atoms with Crippen molar-refractivity contribution in [2.75, 3.05) is 11.1 Å². The molecule has 0 aliphatic rings. The summed E-state index contributed by atoms with van der Waals surface area (Å²) in [4.78, 5) is 12.4. The Morgan fingerprint density at radius 2 is 1.82 bits per heavy atom. The maximum absolute atomic E-state index is 12.2. The molecular weight excluding hydrogens is 390 g/mol. The predicted molar refractivity (Wildman–Crippen MR) is 91.3 cm³/mol. The van der Waals surface area contributed by atoms with Gasteiger partial charge in [-0.3, -0.25) is 4.79 Å². The molecule has 7 heteroatoms. The second kappa shape index (κ2) is 6.81. The number of halogens is 2. The molecule has 0 fully saturated rings. The van der Waals surface area contributed by atoms with Crippen LogP contribution in [0.5, 0.6) is 0 Å². The third kappa shape index (κ3) is 3.88. The molecule has 0 aliphatic heterocycles. The molecule has 0 spiro atoms. The fourth-order valence-electron chi connectivity index (χ4n) is 1.78. The number of nitrogens with one attached hydrogen (secondary N) is 1. The topological polar surface area (TPSA) is 63.2 Å². The number of rotatable bonds is 4. The molecule has 22 heavy (non-hydrogen) atoms. The molecule has 0 heterocycles. The Balaban J connectivity index is 2.21. The van der Waals surface area contributed by atoms with Crippen LogP contribution < -0.4 is 5.32 Å². The van der Waals surface area contributed by atoms with Gasteiger partial charge in [-0.2, -0.15) is 0 Å². The molecule has 0 atom stereocenters. The smallest absolute Gasteiger partial charge is 0.257 e. The van der Waals surface area contributed by atoms with Gasteiger partial charge in [0.2, 0.25) is 0 Å². The van der Waals surface area contributed by atoms with E-state index in [0.717, 1.165) is 4.47 Å². The van der Waals surface area contributed by atoms with Crippen molar-refractivity contribution in [1.82, 2.24) is 0 Å². The fourth-order valence-corrected chi connectivity index (χ4v) is 3.23. The first-order valence-corrected chi connectivity index (χ1v) is 9.25. The molecule has 1 amide bonds. The van der Waals surface area contributed by atoms with Crippen LogP contribution in [0, 0.1) is 0 Å². The minimum Gasteiger partial charge on any atom is -0.322 e. The van der Waals surface area contributed by atoms with E-state index in [-0.39, 0.29) is 16.6 Å². The van der Waals surface area contributed by atoms with Gasteiger partial charge in [0.15, 0.2) is 9.84 Å². The molecule has 4 nitrogen and oxygen atoms in total. The van der Waals surface area contributed by atoms with Crippen molar-refractivity contribution in [3.05, 3.63) is 57.5 Å². The number of sulfone groups is 1. The van der Waals surface area contributed by atoms with Crippen molar-refractivity contribution < 1.29 is 13.2 Å². The van der Waals surface area contributed by atoms with Gasteiger partial charge in [-0.05, 0) is 42.5 Å². The zero-order valence-electron chi connectivity index (χ0n) is 11.6. The molecule has 0 aliphatic carbocycles. The number of benzene rings is 2. The van der Waals surface area contributed by atoms with Gasteiger partial charge in [-0.25, -0.2) is 8.42 Å². The predicted octanol–water partition coefficient (Wildman–Crippen LogP) is 4.15. The van der Waals surface area contributed by atoms with E-state index in [1.54, 1.807) is 37.3 Å². The highest BCUT2D eigenvalue weighted by Gasteiger charge is 2.13. The third-order valence-corrected chi connectivity index (χ3v) is 5.60. The lowest BCUT2D eigenvalue weighted by molar-refractivity contribution is 0.102. The van der Waals surface area contributed by atoms with Gasteiger partial charge in [0.1, 0.15) is 0 Å². The Kier molecular flexibility index (Phi) is 5.26. The summed E-state index contributed by atoms with van der Waals surface area (Å²) in [5.41, 5.74) is 0.831. The number of hydrogen-bond acceptors (Lipinski definition) is 3. The highest BCUT2D eigenvalue weighted by Crippen LogP contribution is 2.22. The van der Waals surface area contributed by atoms with Crippen LogP contribution in [-0.2, 0) is 9.84 Å². The Morgan fingerprint density at radius 1 is 1.18 bits per heavy atom. The normalized spacial score (nSPS) is 11.2. The van der Waals surface area contributed by atoms with Crippen molar-refractivity contribution in [2.24, 2.45) is 0 Å². The van der Waals surface area contributed by atoms with Crippen LogP contribution in [0.3, 0.4) is 0 Å². The Bertz CT molecular complexity index is 804. The second-order valence-corrected chi connectivity index (χ2v) is 8.11. The Labute approximate surface area is 142 Å². The second-order valence-electron chi connectivity index (χ2n) is 4.51. The van der Waals surface area contributed by atoms with E-state index in [4.69, 9.17) is 11.6 Å². The molecule has 2 aromatic rings. The molecule has 0 saturated heterocycles. The van der Waals surface area contributed by atoms with E-state index < -0.39 is 9.84 Å². The summed E-state index contributed by atoms with van der Waals surface area (Å²) < 4.78 is 24.2. The van der Waals surface area contributed by atoms with Crippen molar-refractivity contribution in [3.8, 4) is 0 Å². The van der Waals surface area contributed by atoms with Crippen LogP contribution in [0.4, 0.5) is 5.69 Å². The molecular formula is C15H13BrClNO3S. The van der Waals surface area contributed by atoms with Gasteiger partial charge in [-0.1, -0.05) is 34.5 Å². The first-order valence-electron chi connectivity index (χ1n) is 6.42. The van der Waals surface area contributed by atoms with Gasteiger partial charge < -0.3 is 5.32 Å². The van der Waals surface area contributed by atoms with Gasteiger partial charge in [0, 0.05) is 10.2 Å². The first-order chi connectivity index (χ1) is 10.3. The quantitative estimate of drug-likeness (QED) is 0.835. The summed E-state index contributed by atoms with van der Waals surface area (Å²) in [6.07, 6.45) is 0. The van der Waals surface area contributed by atoms with E-state index in [1.807, 2.05) is 0 Å². The molecule has 1 N–H and O–H groups in total. The maximum Gasteiger partial charge on any atom is 0.257 e. The van der Waals surface area contributed by atoms with Crippen LogP contribution in [0.2, 0.25) is 5.02 Å². The Hall–Kier alpha value is -1.37. The van der Waals surface area contributed by atoms with Crippen molar-refractivity contribution >= 4 is 49.0 Å². The van der Waals surface area contributed by atoms with Crippen molar-refractivity contribution in [1.29, 1.82) is 0 Å². The van der Waals surface area contributed by atoms with Gasteiger partial charge >= 0.3 is 0 Å². The molecule has 0 aromatic heterocycles. The molecule has 0 bridgehead atoms. The number of hydrogen-bond donors (Lipinski definition) is 1. The number of carbonyl (C=O) groups is 1. The molecule has 2 aromatic carbocycles. The number of anilines is 1. The number of carbonyl (C=O) groups excluding carboxylic acids is 1. The first kappa shape index (κ1) is 17.0. The molecule has 2 rings (SSSR count). The molecule has 116 valence electrons.